The molecule has 0 unspecified atom stereocenters. The van der Waals surface area contributed by atoms with E-state index in [1.165, 1.54) is 0 Å². The maximum atomic E-state index is 7.99. The van der Waals surface area contributed by atoms with Crippen LogP contribution in [0.5, 0.6) is 0 Å². The Balaban J connectivity index is 2.38. The Morgan fingerprint density at radius 1 is 1.60 bits per heavy atom. The number of hydrogen-bond acceptors (Lipinski definition) is 4. The van der Waals surface area contributed by atoms with Crippen LogP contribution < -0.4 is 5.25 Å². The standard InChI is InChI=1S/H4NO3P/c2-5(3)1-4-5/h1-3,5H. The molecule has 5 heavy (non-hydrogen) atoms. The Bertz CT molecular complexity index is 44.9. The molecule has 32 valence electrons. The fourth-order valence-electron chi connectivity index (χ4n) is 0.0456. The molecule has 0 aromatic heterocycles. The van der Waals surface area contributed by atoms with Gasteiger partial charge in [0.1, 0.15) is 0 Å². The van der Waals surface area contributed by atoms with Gasteiger partial charge in [-0.3, -0.25) is 0 Å². The van der Waals surface area contributed by atoms with Crippen LogP contribution in [0.4, 0.5) is 0 Å². The molecule has 0 saturated carbocycles. The van der Waals surface area contributed by atoms with Crippen LogP contribution in [0.1, 0.15) is 0 Å². The molecular formula is H4NO3P. The van der Waals surface area contributed by atoms with Crippen LogP contribution in [0.15, 0.2) is 0 Å². The molecule has 1 aliphatic heterocycles. The van der Waals surface area contributed by atoms with Crippen molar-refractivity contribution in [2.24, 2.45) is 0 Å². The first-order valence-corrected chi connectivity index (χ1v) is 2.91. The molecule has 4 nitrogen and oxygen atoms in total. The third-order valence-corrected chi connectivity index (χ3v) is 0.854. The Hall–Kier alpha value is 0.270. The summed E-state index contributed by atoms with van der Waals surface area (Å²) in [5.74, 6) is 0. The van der Waals surface area contributed by atoms with E-state index < -0.39 is 8.09 Å². The van der Waals surface area contributed by atoms with Gasteiger partial charge in [0.25, 0.3) is 0 Å². The summed E-state index contributed by atoms with van der Waals surface area (Å²) in [6, 6.07) is 0. The van der Waals surface area contributed by atoms with E-state index in [0.717, 1.165) is 0 Å². The van der Waals surface area contributed by atoms with Crippen LogP contribution in [-0.4, -0.2) is 9.79 Å². The normalized spacial score (nSPS) is 36.4. The van der Waals surface area contributed by atoms with Gasteiger partial charge in [0.05, 0.1) is 0 Å². The van der Waals surface area contributed by atoms with Gasteiger partial charge in [0.15, 0.2) is 0 Å². The topological polar surface area (TPSA) is 74.9 Å². The van der Waals surface area contributed by atoms with Gasteiger partial charge in [0.2, 0.25) is 0 Å². The van der Waals surface area contributed by atoms with Gasteiger partial charge < -0.3 is 0 Å². The van der Waals surface area contributed by atoms with Gasteiger partial charge in [-0.1, -0.05) is 0 Å². The molecule has 1 heterocycles. The second-order valence-electron chi connectivity index (χ2n) is 0.812. The van der Waals surface area contributed by atoms with Crippen molar-refractivity contribution in [2.75, 3.05) is 0 Å². The predicted molar refractivity (Wildman–Crippen MR) is 17.0 cm³/mol. The molecule has 0 atom stereocenters. The summed E-state index contributed by atoms with van der Waals surface area (Å²) in [6.07, 6.45) is 0. The van der Waals surface area contributed by atoms with Gasteiger partial charge >= 0.3 is 27.8 Å². The molecule has 0 amide bonds. The van der Waals surface area contributed by atoms with Crippen LogP contribution in [-0.2, 0) is 4.62 Å². The number of nitrogens with one attached hydrogen (secondary N) is 1. The summed E-state index contributed by atoms with van der Waals surface area (Å²) in [7, 11) is -3.11. The van der Waals surface area contributed by atoms with Crippen molar-refractivity contribution < 1.29 is 14.4 Å². The summed E-state index contributed by atoms with van der Waals surface area (Å²) in [5.41, 5.74) is 0. The van der Waals surface area contributed by atoms with E-state index in [0.29, 0.717) is 0 Å². The van der Waals surface area contributed by atoms with E-state index in [1.54, 1.807) is 0 Å². The molecular weight excluding hydrogens is 93.0 g/mol. The zero-order chi connectivity index (χ0) is 3.91. The number of hydrogen-bond donors (Lipinski definition) is 3. The zero-order valence-electron chi connectivity index (χ0n) is 2.30. The quantitative estimate of drug-likeness (QED) is 0.265. The predicted octanol–water partition coefficient (Wildman–Crippen LogP) is -1.08. The van der Waals surface area contributed by atoms with Gasteiger partial charge in [-0.2, -0.15) is 0 Å². The first kappa shape index (κ1) is 3.46. The first-order chi connectivity index (χ1) is 2.21. The molecule has 3 N–H and O–H groups in total. The van der Waals surface area contributed by atoms with Crippen LogP contribution in [0.25, 0.3) is 0 Å². The molecule has 5 heteroatoms. The minimum atomic E-state index is -3.11. The average Bonchev–Trinajstić information content (AvgIpc) is 1.76. The van der Waals surface area contributed by atoms with E-state index in [4.69, 9.17) is 9.79 Å². The summed E-state index contributed by atoms with van der Waals surface area (Å²) < 4.78 is 3.90. The number of rotatable bonds is 0. The van der Waals surface area contributed by atoms with Gasteiger partial charge in [-0.15, -0.1) is 0 Å². The Morgan fingerprint density at radius 3 is 1.80 bits per heavy atom. The minimum absolute atomic E-state index is 1.92. The third kappa shape index (κ3) is 0.792. The Kier molecular flexibility index (Phi) is 0.462. The molecule has 0 aromatic carbocycles. The monoisotopic (exact) mass is 97.0 g/mol. The van der Waals surface area contributed by atoms with Crippen LogP contribution in [0.3, 0.4) is 0 Å². The second kappa shape index (κ2) is 0.668. The molecule has 0 spiro atoms. The Labute approximate surface area is 29.0 Å². The molecule has 1 aliphatic rings. The second-order valence-corrected chi connectivity index (χ2v) is 2.44. The molecule has 0 bridgehead atoms. The van der Waals surface area contributed by atoms with Crippen molar-refractivity contribution in [1.29, 1.82) is 0 Å². The van der Waals surface area contributed by atoms with Gasteiger partial charge in [-0.05, 0) is 0 Å². The van der Waals surface area contributed by atoms with E-state index in [1.807, 2.05) is 5.25 Å². The fourth-order valence-corrected chi connectivity index (χ4v) is 0.411. The summed E-state index contributed by atoms with van der Waals surface area (Å²) in [4.78, 5) is 16.0. The van der Waals surface area contributed by atoms with Crippen molar-refractivity contribution in [3.8, 4) is 0 Å². The Morgan fingerprint density at radius 2 is 1.80 bits per heavy atom. The SMILES string of the molecule is O[PH]1(O)NO1. The van der Waals surface area contributed by atoms with Crippen molar-refractivity contribution in [3.63, 3.8) is 0 Å². The summed E-state index contributed by atoms with van der Waals surface area (Å²) in [6.45, 7) is 0. The van der Waals surface area contributed by atoms with Crippen LogP contribution in [0.2, 0.25) is 0 Å². The molecule has 0 aromatic rings. The van der Waals surface area contributed by atoms with Crippen molar-refractivity contribution >= 4 is 8.09 Å². The third-order valence-electron chi connectivity index (χ3n) is 0.285. The first-order valence-electron chi connectivity index (χ1n) is 1.11. The summed E-state index contributed by atoms with van der Waals surface area (Å²) >= 11 is 0. The van der Waals surface area contributed by atoms with E-state index in [9.17, 15) is 0 Å². The molecule has 1 saturated heterocycles. The van der Waals surface area contributed by atoms with Crippen molar-refractivity contribution in [2.45, 2.75) is 0 Å². The van der Waals surface area contributed by atoms with Gasteiger partial charge in [-0.25, -0.2) is 0 Å². The van der Waals surface area contributed by atoms with E-state index in [2.05, 4.69) is 4.62 Å². The fraction of sp³-hybridized carbons (Fsp3) is 0. The molecule has 1 rings (SSSR count). The van der Waals surface area contributed by atoms with E-state index >= 15 is 0 Å². The van der Waals surface area contributed by atoms with Crippen molar-refractivity contribution in [1.82, 2.24) is 5.25 Å². The van der Waals surface area contributed by atoms with E-state index in [-0.39, 0.29) is 0 Å². The maximum absolute atomic E-state index is 7.99. The van der Waals surface area contributed by atoms with Gasteiger partial charge in [0, 0.05) is 0 Å². The average molecular weight is 97.0 g/mol. The van der Waals surface area contributed by atoms with Crippen molar-refractivity contribution in [3.05, 3.63) is 0 Å². The summed E-state index contributed by atoms with van der Waals surface area (Å²) in [5, 5.41) is 1.92. The molecule has 1 fully saturated rings. The van der Waals surface area contributed by atoms with Crippen LogP contribution >= 0.6 is 8.09 Å². The zero-order valence-corrected chi connectivity index (χ0v) is 3.30. The van der Waals surface area contributed by atoms with Crippen LogP contribution in [0, 0.1) is 0 Å². The molecule has 0 radical (unpaired) electrons. The molecule has 0 aliphatic carbocycles.